The fourth-order valence-corrected chi connectivity index (χ4v) is 1.89. The van der Waals surface area contributed by atoms with E-state index in [-0.39, 0.29) is 24.7 Å². The lowest BCUT2D eigenvalue weighted by molar-refractivity contribution is 0.0691. The molecule has 1 aliphatic heterocycles. The molecule has 7 heteroatoms. The number of aryl methyl sites for hydroxylation is 1. The van der Waals surface area contributed by atoms with Crippen LogP contribution in [0.15, 0.2) is 24.5 Å². The smallest absolute Gasteiger partial charge is 0.339 e. The van der Waals surface area contributed by atoms with Crippen LogP contribution in [0, 0.1) is 0 Å². The van der Waals surface area contributed by atoms with Crippen molar-refractivity contribution in [3.05, 3.63) is 35.9 Å². The number of hydrogen-bond donors (Lipinski definition) is 1. The van der Waals surface area contributed by atoms with Crippen LogP contribution in [0.3, 0.4) is 0 Å². The quantitative estimate of drug-likeness (QED) is 0.909. The number of hydrogen-bond acceptors (Lipinski definition) is 5. The van der Waals surface area contributed by atoms with E-state index in [0.29, 0.717) is 17.3 Å². The summed E-state index contributed by atoms with van der Waals surface area (Å²) in [7, 11) is 1.84. The number of carbonyl (C=O) groups is 1. The molecule has 0 saturated heterocycles. The van der Waals surface area contributed by atoms with Gasteiger partial charge in [-0.2, -0.15) is 0 Å². The maximum Gasteiger partial charge on any atom is 0.339 e. The molecule has 7 nitrogen and oxygen atoms in total. The highest BCUT2D eigenvalue weighted by Gasteiger charge is 2.21. The average molecular weight is 276 g/mol. The summed E-state index contributed by atoms with van der Waals surface area (Å²) >= 11 is 0. The van der Waals surface area contributed by atoms with Crippen molar-refractivity contribution in [3.8, 4) is 17.2 Å². The summed E-state index contributed by atoms with van der Waals surface area (Å²) in [6.07, 6.45) is 3.44. The zero-order valence-corrected chi connectivity index (χ0v) is 10.7. The molecule has 0 saturated carbocycles. The summed E-state index contributed by atoms with van der Waals surface area (Å²) in [5.41, 5.74) is 0.0310. The lowest BCUT2D eigenvalue weighted by atomic mass is 10.2. The summed E-state index contributed by atoms with van der Waals surface area (Å²) in [5, 5.41) is 9.21. The van der Waals surface area contributed by atoms with Gasteiger partial charge >= 0.3 is 5.97 Å². The van der Waals surface area contributed by atoms with Crippen molar-refractivity contribution < 1.29 is 24.1 Å². The molecular formula is C13H12N2O5. The Labute approximate surface area is 114 Å². The Balaban J connectivity index is 1.88. The van der Waals surface area contributed by atoms with Crippen molar-refractivity contribution >= 4 is 5.97 Å². The van der Waals surface area contributed by atoms with Crippen LogP contribution in [0.1, 0.15) is 16.2 Å². The number of imidazole rings is 1. The molecule has 0 spiro atoms. The zero-order valence-electron chi connectivity index (χ0n) is 10.7. The first-order valence-corrected chi connectivity index (χ1v) is 5.91. The first kappa shape index (κ1) is 12.3. The SMILES string of the molecule is Cn1ccnc1COc1cc2c(cc1C(=O)O)OCO2. The van der Waals surface area contributed by atoms with Gasteiger partial charge in [0.15, 0.2) is 11.5 Å². The molecule has 20 heavy (non-hydrogen) atoms. The van der Waals surface area contributed by atoms with Gasteiger partial charge in [0.05, 0.1) is 0 Å². The van der Waals surface area contributed by atoms with Crippen LogP contribution in [0.5, 0.6) is 17.2 Å². The molecule has 1 aromatic carbocycles. The normalized spacial score (nSPS) is 12.4. The number of carboxylic acids is 1. The summed E-state index contributed by atoms with van der Waals surface area (Å²) in [4.78, 5) is 15.4. The average Bonchev–Trinajstić information content (AvgIpc) is 3.03. The lowest BCUT2D eigenvalue weighted by Crippen LogP contribution is -2.06. The molecule has 2 heterocycles. The van der Waals surface area contributed by atoms with E-state index in [9.17, 15) is 9.90 Å². The molecule has 0 radical (unpaired) electrons. The van der Waals surface area contributed by atoms with E-state index in [4.69, 9.17) is 14.2 Å². The molecule has 1 aliphatic rings. The highest BCUT2D eigenvalue weighted by atomic mass is 16.7. The molecule has 0 atom stereocenters. The maximum atomic E-state index is 11.3. The number of rotatable bonds is 4. The Morgan fingerprint density at radius 1 is 1.45 bits per heavy atom. The second-order valence-corrected chi connectivity index (χ2v) is 4.25. The molecule has 0 amide bonds. The minimum atomic E-state index is -1.09. The fraction of sp³-hybridized carbons (Fsp3) is 0.231. The molecular weight excluding hydrogens is 264 g/mol. The van der Waals surface area contributed by atoms with E-state index in [1.807, 2.05) is 7.05 Å². The fourth-order valence-electron chi connectivity index (χ4n) is 1.89. The monoisotopic (exact) mass is 276 g/mol. The largest absolute Gasteiger partial charge is 0.485 e. The Morgan fingerprint density at radius 2 is 2.20 bits per heavy atom. The number of carboxylic acid groups (broad SMARTS) is 1. The number of ether oxygens (including phenoxy) is 3. The Hall–Kier alpha value is -2.70. The van der Waals surface area contributed by atoms with Gasteiger partial charge in [0.2, 0.25) is 6.79 Å². The third-order valence-electron chi connectivity index (χ3n) is 2.98. The van der Waals surface area contributed by atoms with Crippen molar-refractivity contribution in [3.63, 3.8) is 0 Å². The van der Waals surface area contributed by atoms with E-state index in [1.165, 1.54) is 12.1 Å². The second kappa shape index (κ2) is 4.76. The summed E-state index contributed by atoms with van der Waals surface area (Å²) < 4.78 is 17.7. The van der Waals surface area contributed by atoms with E-state index in [2.05, 4.69) is 4.98 Å². The number of aromatic carboxylic acids is 1. The van der Waals surface area contributed by atoms with Crippen LogP contribution in [0.2, 0.25) is 0 Å². The second-order valence-electron chi connectivity index (χ2n) is 4.25. The van der Waals surface area contributed by atoms with Crippen LogP contribution < -0.4 is 14.2 Å². The van der Waals surface area contributed by atoms with Gasteiger partial charge in [-0.25, -0.2) is 9.78 Å². The number of nitrogens with zero attached hydrogens (tertiary/aromatic N) is 2. The van der Waals surface area contributed by atoms with Crippen LogP contribution in [-0.2, 0) is 13.7 Å². The van der Waals surface area contributed by atoms with E-state index in [1.54, 1.807) is 17.0 Å². The summed E-state index contributed by atoms with van der Waals surface area (Å²) in [6, 6.07) is 2.92. The molecule has 104 valence electrons. The predicted octanol–water partition coefficient (Wildman–Crippen LogP) is 1.43. The van der Waals surface area contributed by atoms with Gasteiger partial charge < -0.3 is 23.9 Å². The minimum Gasteiger partial charge on any atom is -0.485 e. The molecule has 1 aromatic heterocycles. The first-order valence-electron chi connectivity index (χ1n) is 5.91. The lowest BCUT2D eigenvalue weighted by Gasteiger charge is -2.10. The third kappa shape index (κ3) is 2.13. The zero-order chi connectivity index (χ0) is 14.1. The van der Waals surface area contributed by atoms with Gasteiger partial charge in [0, 0.05) is 31.6 Å². The Bertz CT molecular complexity index is 665. The van der Waals surface area contributed by atoms with Gasteiger partial charge in [0.25, 0.3) is 0 Å². The Morgan fingerprint density at radius 3 is 2.85 bits per heavy atom. The first-order chi connectivity index (χ1) is 9.65. The standard InChI is InChI=1S/C13H12N2O5/c1-15-3-2-14-12(15)6-18-9-5-11-10(19-7-20-11)4-8(9)13(16)17/h2-5H,6-7H2,1H3,(H,16,17). The van der Waals surface area contributed by atoms with E-state index in [0.717, 1.165) is 0 Å². The van der Waals surface area contributed by atoms with Crippen LogP contribution >= 0.6 is 0 Å². The molecule has 0 bridgehead atoms. The third-order valence-corrected chi connectivity index (χ3v) is 2.98. The van der Waals surface area contributed by atoms with Gasteiger partial charge in [-0.05, 0) is 0 Å². The van der Waals surface area contributed by atoms with Crippen LogP contribution in [0.4, 0.5) is 0 Å². The highest BCUT2D eigenvalue weighted by molar-refractivity contribution is 5.92. The van der Waals surface area contributed by atoms with Gasteiger partial charge in [-0.1, -0.05) is 0 Å². The van der Waals surface area contributed by atoms with Crippen molar-refractivity contribution in [2.75, 3.05) is 6.79 Å². The van der Waals surface area contributed by atoms with E-state index >= 15 is 0 Å². The summed E-state index contributed by atoms with van der Waals surface area (Å²) in [5.74, 6) is 0.721. The molecule has 0 aliphatic carbocycles. The number of aromatic nitrogens is 2. The summed E-state index contributed by atoms with van der Waals surface area (Å²) in [6.45, 7) is 0.251. The topological polar surface area (TPSA) is 82.8 Å². The maximum absolute atomic E-state index is 11.3. The van der Waals surface area contributed by atoms with E-state index < -0.39 is 5.97 Å². The molecule has 3 rings (SSSR count). The molecule has 2 aromatic rings. The molecule has 0 unspecified atom stereocenters. The number of fused-ring (bicyclic) bond motifs is 1. The molecule has 1 N–H and O–H groups in total. The van der Waals surface area contributed by atoms with Gasteiger partial charge in [0.1, 0.15) is 23.7 Å². The predicted molar refractivity (Wildman–Crippen MR) is 67.1 cm³/mol. The van der Waals surface area contributed by atoms with Gasteiger partial charge in [-0.15, -0.1) is 0 Å². The van der Waals surface area contributed by atoms with Gasteiger partial charge in [-0.3, -0.25) is 0 Å². The van der Waals surface area contributed by atoms with Crippen LogP contribution in [-0.4, -0.2) is 27.4 Å². The van der Waals surface area contributed by atoms with Crippen LogP contribution in [0.25, 0.3) is 0 Å². The molecule has 0 fully saturated rings. The minimum absolute atomic E-state index is 0.0310. The highest BCUT2D eigenvalue weighted by Crippen LogP contribution is 2.38. The Kier molecular flexibility index (Phi) is 2.94. The number of benzene rings is 1. The van der Waals surface area contributed by atoms with Crippen molar-refractivity contribution in [1.29, 1.82) is 0 Å². The van der Waals surface area contributed by atoms with Crippen molar-refractivity contribution in [2.24, 2.45) is 7.05 Å². The van der Waals surface area contributed by atoms with Crippen molar-refractivity contribution in [1.82, 2.24) is 9.55 Å². The van der Waals surface area contributed by atoms with Crippen molar-refractivity contribution in [2.45, 2.75) is 6.61 Å².